The van der Waals surface area contributed by atoms with Crippen LogP contribution in [-0.2, 0) is 4.74 Å². The molecule has 0 aromatic rings. The quantitative estimate of drug-likeness (QED) is 0.200. The Balaban J connectivity index is 1.92. The summed E-state index contributed by atoms with van der Waals surface area (Å²) in [5.74, 6) is 0.320. The molecule has 1 heterocycles. The lowest BCUT2D eigenvalue weighted by Crippen LogP contribution is -2.35. The van der Waals surface area contributed by atoms with E-state index in [4.69, 9.17) is 15.7 Å². The van der Waals surface area contributed by atoms with Crippen LogP contribution in [0.3, 0.4) is 0 Å². The molecule has 0 aliphatic carbocycles. The van der Waals surface area contributed by atoms with Crippen LogP contribution in [0.15, 0.2) is 5.16 Å². The van der Waals surface area contributed by atoms with Crippen molar-refractivity contribution in [2.24, 2.45) is 10.9 Å². The van der Waals surface area contributed by atoms with Crippen LogP contribution in [0.5, 0.6) is 0 Å². The van der Waals surface area contributed by atoms with Gasteiger partial charge in [-0.05, 0) is 32.2 Å². The van der Waals surface area contributed by atoms with Crippen LogP contribution >= 0.6 is 0 Å². The minimum absolute atomic E-state index is 0.320. The van der Waals surface area contributed by atoms with Gasteiger partial charge in [-0.3, -0.25) is 0 Å². The van der Waals surface area contributed by atoms with Crippen molar-refractivity contribution in [3.63, 3.8) is 0 Å². The van der Waals surface area contributed by atoms with E-state index >= 15 is 0 Å². The summed E-state index contributed by atoms with van der Waals surface area (Å²) in [5, 5.41) is 14.8. The molecule has 1 fully saturated rings. The number of nitrogens with two attached hydrogens (primary N) is 1. The first-order chi connectivity index (χ1) is 7.33. The number of ether oxygens (including phenoxy) is 1. The predicted octanol–water partition coefficient (Wildman–Crippen LogP) is 0.672. The maximum atomic E-state index is 8.33. The van der Waals surface area contributed by atoms with Gasteiger partial charge in [0, 0.05) is 25.7 Å². The van der Waals surface area contributed by atoms with Crippen molar-refractivity contribution in [2.75, 3.05) is 19.8 Å². The molecule has 0 atom stereocenters. The summed E-state index contributed by atoms with van der Waals surface area (Å²) < 4.78 is 5.27. The largest absolute Gasteiger partial charge is 0.409 e. The van der Waals surface area contributed by atoms with Crippen LogP contribution in [0.1, 0.15) is 32.1 Å². The van der Waals surface area contributed by atoms with Gasteiger partial charge in [0.1, 0.15) is 5.84 Å². The van der Waals surface area contributed by atoms with Crippen molar-refractivity contribution in [2.45, 2.75) is 38.1 Å². The minimum atomic E-state index is 0.320. The fourth-order valence-corrected chi connectivity index (χ4v) is 1.69. The molecule has 4 N–H and O–H groups in total. The van der Waals surface area contributed by atoms with E-state index in [2.05, 4.69) is 10.5 Å². The van der Waals surface area contributed by atoms with Crippen LogP contribution in [0.4, 0.5) is 0 Å². The van der Waals surface area contributed by atoms with Gasteiger partial charge in [0.25, 0.3) is 0 Å². The number of rotatable bonds is 6. The Morgan fingerprint density at radius 1 is 1.40 bits per heavy atom. The zero-order valence-electron chi connectivity index (χ0n) is 9.11. The van der Waals surface area contributed by atoms with Gasteiger partial charge in [-0.15, -0.1) is 0 Å². The fraction of sp³-hybridized carbons (Fsp3) is 0.900. The van der Waals surface area contributed by atoms with Crippen LogP contribution in [0.25, 0.3) is 0 Å². The normalized spacial score (nSPS) is 19.3. The molecule has 1 aliphatic heterocycles. The van der Waals surface area contributed by atoms with Gasteiger partial charge >= 0.3 is 0 Å². The van der Waals surface area contributed by atoms with Gasteiger partial charge in [-0.25, -0.2) is 0 Å². The van der Waals surface area contributed by atoms with E-state index in [9.17, 15) is 0 Å². The summed E-state index contributed by atoms with van der Waals surface area (Å²) in [4.78, 5) is 0. The molecule has 0 unspecified atom stereocenters. The Morgan fingerprint density at radius 3 is 2.80 bits per heavy atom. The highest BCUT2D eigenvalue weighted by Crippen LogP contribution is 2.06. The first kappa shape index (κ1) is 12.3. The summed E-state index contributed by atoms with van der Waals surface area (Å²) in [7, 11) is 0. The molecule has 0 bridgehead atoms. The maximum Gasteiger partial charge on any atom is 0.139 e. The van der Waals surface area contributed by atoms with Gasteiger partial charge < -0.3 is 21.0 Å². The second-order valence-electron chi connectivity index (χ2n) is 3.89. The van der Waals surface area contributed by atoms with Gasteiger partial charge in [-0.2, -0.15) is 0 Å². The van der Waals surface area contributed by atoms with Crippen molar-refractivity contribution in [1.82, 2.24) is 5.32 Å². The summed E-state index contributed by atoms with van der Waals surface area (Å²) in [6, 6.07) is 0.614. The number of amidine groups is 1. The molecule has 0 aromatic heterocycles. The second-order valence-corrected chi connectivity index (χ2v) is 3.89. The predicted molar refractivity (Wildman–Crippen MR) is 59.1 cm³/mol. The lowest BCUT2D eigenvalue weighted by Gasteiger charge is -2.23. The van der Waals surface area contributed by atoms with Gasteiger partial charge in [-0.1, -0.05) is 5.16 Å². The smallest absolute Gasteiger partial charge is 0.139 e. The zero-order chi connectivity index (χ0) is 10.9. The molecule has 15 heavy (non-hydrogen) atoms. The summed E-state index contributed by atoms with van der Waals surface area (Å²) >= 11 is 0. The lowest BCUT2D eigenvalue weighted by atomic mass is 10.1. The second kappa shape index (κ2) is 7.48. The topological polar surface area (TPSA) is 79.9 Å². The molecule has 0 amide bonds. The third-order valence-electron chi connectivity index (χ3n) is 2.64. The fourth-order valence-electron chi connectivity index (χ4n) is 1.69. The monoisotopic (exact) mass is 215 g/mol. The highest BCUT2D eigenvalue weighted by molar-refractivity contribution is 5.79. The van der Waals surface area contributed by atoms with Gasteiger partial charge in [0.15, 0.2) is 0 Å². The first-order valence-corrected chi connectivity index (χ1v) is 5.60. The summed E-state index contributed by atoms with van der Waals surface area (Å²) in [6.45, 7) is 2.76. The van der Waals surface area contributed by atoms with E-state index in [1.165, 1.54) is 0 Å². The average molecular weight is 215 g/mol. The summed E-state index contributed by atoms with van der Waals surface area (Å²) in [6.07, 6.45) is 4.92. The SMILES string of the molecule is NC(CCCCNC1CCOCC1)=NO. The number of oxime groups is 1. The number of hydrogen-bond donors (Lipinski definition) is 3. The Kier molecular flexibility index (Phi) is 6.11. The molecule has 1 aliphatic rings. The molecule has 0 spiro atoms. The Bertz CT molecular complexity index is 191. The molecule has 0 aromatic carbocycles. The van der Waals surface area contributed by atoms with E-state index in [0.717, 1.165) is 45.4 Å². The van der Waals surface area contributed by atoms with E-state index in [-0.39, 0.29) is 0 Å². The van der Waals surface area contributed by atoms with Crippen molar-refractivity contribution >= 4 is 5.84 Å². The average Bonchev–Trinajstić information content (AvgIpc) is 2.29. The Morgan fingerprint density at radius 2 is 2.13 bits per heavy atom. The standard InChI is InChI=1S/C10H21N3O2/c11-10(13-14)3-1-2-6-12-9-4-7-15-8-5-9/h9,12,14H,1-8H2,(H2,11,13). The number of nitrogens with zero attached hydrogens (tertiary/aromatic N) is 1. The molecule has 0 saturated carbocycles. The Labute approximate surface area is 90.7 Å². The maximum absolute atomic E-state index is 8.33. The Hall–Kier alpha value is -0.810. The third-order valence-corrected chi connectivity index (χ3v) is 2.64. The highest BCUT2D eigenvalue weighted by atomic mass is 16.5. The highest BCUT2D eigenvalue weighted by Gasteiger charge is 2.11. The van der Waals surface area contributed by atoms with E-state index in [0.29, 0.717) is 18.3 Å². The molecule has 88 valence electrons. The van der Waals surface area contributed by atoms with Crippen LogP contribution in [0.2, 0.25) is 0 Å². The van der Waals surface area contributed by atoms with Crippen molar-refractivity contribution in [3.05, 3.63) is 0 Å². The van der Waals surface area contributed by atoms with Crippen molar-refractivity contribution < 1.29 is 9.94 Å². The van der Waals surface area contributed by atoms with Crippen molar-refractivity contribution in [1.29, 1.82) is 0 Å². The van der Waals surface area contributed by atoms with Crippen molar-refractivity contribution in [3.8, 4) is 0 Å². The molecule has 5 heteroatoms. The molecule has 1 rings (SSSR count). The minimum Gasteiger partial charge on any atom is -0.409 e. The molecular formula is C10H21N3O2. The van der Waals surface area contributed by atoms with Gasteiger partial charge in [0.2, 0.25) is 0 Å². The third kappa shape index (κ3) is 5.59. The molecular weight excluding hydrogens is 194 g/mol. The molecule has 1 saturated heterocycles. The van der Waals surface area contributed by atoms with E-state index in [1.807, 2.05) is 0 Å². The van der Waals surface area contributed by atoms with Gasteiger partial charge in [0.05, 0.1) is 0 Å². The van der Waals surface area contributed by atoms with Crippen LogP contribution in [0, 0.1) is 0 Å². The number of unbranched alkanes of at least 4 members (excludes halogenated alkanes) is 1. The number of nitrogens with one attached hydrogen (secondary N) is 1. The lowest BCUT2D eigenvalue weighted by molar-refractivity contribution is 0.0780. The summed E-state index contributed by atoms with van der Waals surface area (Å²) in [5.41, 5.74) is 5.36. The van der Waals surface area contributed by atoms with Crippen LogP contribution < -0.4 is 11.1 Å². The molecule has 0 radical (unpaired) electrons. The zero-order valence-corrected chi connectivity index (χ0v) is 9.11. The van der Waals surface area contributed by atoms with E-state index < -0.39 is 0 Å². The van der Waals surface area contributed by atoms with E-state index in [1.54, 1.807) is 0 Å². The number of hydrogen-bond acceptors (Lipinski definition) is 4. The first-order valence-electron chi connectivity index (χ1n) is 5.60. The molecule has 5 nitrogen and oxygen atoms in total. The van der Waals surface area contributed by atoms with Crippen LogP contribution in [-0.4, -0.2) is 36.8 Å².